The van der Waals surface area contributed by atoms with Crippen molar-refractivity contribution in [3.63, 3.8) is 0 Å². The number of nitrogens with one attached hydrogen (secondary N) is 1. The van der Waals surface area contributed by atoms with E-state index in [4.69, 9.17) is 4.74 Å². The molecule has 2 aliphatic rings. The minimum Gasteiger partial charge on any atom is -0.378 e. The van der Waals surface area contributed by atoms with E-state index < -0.39 is 0 Å². The molecule has 2 atom stereocenters. The molecule has 1 saturated carbocycles. The van der Waals surface area contributed by atoms with Crippen molar-refractivity contribution in [2.45, 2.75) is 83.3 Å². The molecule has 0 spiro atoms. The van der Waals surface area contributed by atoms with E-state index >= 15 is 0 Å². The van der Waals surface area contributed by atoms with Crippen LogP contribution in [0.1, 0.15) is 71.1 Å². The van der Waals surface area contributed by atoms with E-state index in [-0.39, 0.29) is 0 Å². The van der Waals surface area contributed by atoms with Crippen molar-refractivity contribution < 1.29 is 4.74 Å². The van der Waals surface area contributed by atoms with E-state index in [2.05, 4.69) is 12.2 Å². The fourth-order valence-corrected chi connectivity index (χ4v) is 3.51. The maximum absolute atomic E-state index is 5.67. The first-order chi connectivity index (χ1) is 8.86. The summed E-state index contributed by atoms with van der Waals surface area (Å²) < 4.78 is 5.67. The van der Waals surface area contributed by atoms with Crippen LogP contribution in [0.15, 0.2) is 0 Å². The first-order valence-electron chi connectivity index (χ1n) is 8.21. The van der Waals surface area contributed by atoms with Gasteiger partial charge in [0.2, 0.25) is 0 Å². The zero-order valence-corrected chi connectivity index (χ0v) is 12.1. The van der Waals surface area contributed by atoms with Gasteiger partial charge >= 0.3 is 0 Å². The van der Waals surface area contributed by atoms with Crippen molar-refractivity contribution in [3.05, 3.63) is 0 Å². The Morgan fingerprint density at radius 1 is 1.06 bits per heavy atom. The molecular formula is C16H31NO. The lowest BCUT2D eigenvalue weighted by molar-refractivity contribution is 0.102. The molecule has 1 N–H and O–H groups in total. The maximum atomic E-state index is 5.67. The van der Waals surface area contributed by atoms with Crippen molar-refractivity contribution in [1.82, 2.24) is 5.32 Å². The third-order valence-electron chi connectivity index (χ3n) is 4.80. The van der Waals surface area contributed by atoms with Gasteiger partial charge in [-0.15, -0.1) is 0 Å². The summed E-state index contributed by atoms with van der Waals surface area (Å²) >= 11 is 0. The number of ether oxygens (including phenoxy) is 1. The Labute approximate surface area is 113 Å². The molecular weight excluding hydrogens is 222 g/mol. The predicted molar refractivity (Wildman–Crippen MR) is 76.9 cm³/mol. The van der Waals surface area contributed by atoms with Gasteiger partial charge in [0, 0.05) is 12.6 Å². The van der Waals surface area contributed by atoms with Gasteiger partial charge in [-0.05, 0) is 57.9 Å². The molecule has 1 heterocycles. The minimum atomic E-state index is 0.569. The van der Waals surface area contributed by atoms with E-state index in [9.17, 15) is 0 Å². The first-order valence-corrected chi connectivity index (χ1v) is 8.21. The fourth-order valence-electron chi connectivity index (χ4n) is 3.51. The molecule has 0 aromatic rings. The monoisotopic (exact) mass is 253 g/mol. The van der Waals surface area contributed by atoms with Crippen LogP contribution in [-0.2, 0) is 4.74 Å². The largest absolute Gasteiger partial charge is 0.378 e. The Hall–Kier alpha value is -0.0800. The second-order valence-electron chi connectivity index (χ2n) is 6.27. The maximum Gasteiger partial charge on any atom is 0.0576 e. The van der Waals surface area contributed by atoms with Gasteiger partial charge in [-0.2, -0.15) is 0 Å². The van der Waals surface area contributed by atoms with E-state index in [1.807, 2.05) is 0 Å². The summed E-state index contributed by atoms with van der Waals surface area (Å²) in [4.78, 5) is 0. The van der Waals surface area contributed by atoms with Crippen LogP contribution in [0.2, 0.25) is 0 Å². The van der Waals surface area contributed by atoms with E-state index in [1.165, 1.54) is 70.8 Å². The summed E-state index contributed by atoms with van der Waals surface area (Å²) in [6.45, 7) is 4.57. The summed E-state index contributed by atoms with van der Waals surface area (Å²) in [7, 11) is 0. The lowest BCUT2D eigenvalue weighted by Crippen LogP contribution is -2.34. The highest BCUT2D eigenvalue weighted by Gasteiger charge is 2.19. The van der Waals surface area contributed by atoms with Crippen LogP contribution < -0.4 is 5.32 Å². The molecule has 1 unspecified atom stereocenters. The standard InChI is InChI=1S/C16H31NO/c1-14(15-8-4-2-3-5-9-15)17-12-6-10-16-11-7-13-18-16/h14-17H,2-13H2,1H3/t14-,16?/m1/s1. The van der Waals surface area contributed by atoms with E-state index in [0.29, 0.717) is 12.1 Å². The SMILES string of the molecule is C[C@@H](NCCCC1CCCO1)C1CCCCCC1. The van der Waals surface area contributed by atoms with Crippen molar-refractivity contribution in [1.29, 1.82) is 0 Å². The molecule has 18 heavy (non-hydrogen) atoms. The van der Waals surface area contributed by atoms with Crippen LogP contribution in [0.4, 0.5) is 0 Å². The molecule has 0 aromatic heterocycles. The molecule has 0 aromatic carbocycles. The molecule has 2 rings (SSSR count). The molecule has 2 nitrogen and oxygen atoms in total. The van der Waals surface area contributed by atoms with Gasteiger partial charge in [-0.3, -0.25) is 0 Å². The van der Waals surface area contributed by atoms with Crippen LogP contribution >= 0.6 is 0 Å². The molecule has 0 radical (unpaired) electrons. The summed E-state index contributed by atoms with van der Waals surface area (Å²) in [5.41, 5.74) is 0. The normalized spacial score (nSPS) is 28.2. The van der Waals surface area contributed by atoms with Gasteiger partial charge in [0.15, 0.2) is 0 Å². The van der Waals surface area contributed by atoms with Crippen molar-refractivity contribution in [3.8, 4) is 0 Å². The molecule has 0 bridgehead atoms. The van der Waals surface area contributed by atoms with Crippen LogP contribution in [0.5, 0.6) is 0 Å². The number of hydrogen-bond acceptors (Lipinski definition) is 2. The highest BCUT2D eigenvalue weighted by molar-refractivity contribution is 4.75. The first kappa shape index (κ1) is 14.3. The van der Waals surface area contributed by atoms with Gasteiger partial charge in [-0.1, -0.05) is 25.7 Å². The van der Waals surface area contributed by atoms with Gasteiger partial charge < -0.3 is 10.1 Å². The van der Waals surface area contributed by atoms with Crippen molar-refractivity contribution in [2.24, 2.45) is 5.92 Å². The number of rotatable bonds is 6. The van der Waals surface area contributed by atoms with Gasteiger partial charge in [0.05, 0.1) is 6.10 Å². The van der Waals surface area contributed by atoms with Crippen molar-refractivity contribution >= 4 is 0 Å². The second-order valence-corrected chi connectivity index (χ2v) is 6.27. The lowest BCUT2D eigenvalue weighted by atomic mass is 9.93. The van der Waals surface area contributed by atoms with Crippen LogP contribution in [-0.4, -0.2) is 25.3 Å². The summed E-state index contributed by atoms with van der Waals surface area (Å²) in [5.74, 6) is 0.926. The highest BCUT2D eigenvalue weighted by Crippen LogP contribution is 2.25. The zero-order chi connectivity index (χ0) is 12.6. The van der Waals surface area contributed by atoms with E-state index in [0.717, 1.165) is 12.5 Å². The molecule has 2 heteroatoms. The van der Waals surface area contributed by atoms with E-state index in [1.54, 1.807) is 0 Å². The third kappa shape index (κ3) is 4.89. The summed E-state index contributed by atoms with van der Waals surface area (Å²) in [6.07, 6.45) is 14.4. The fraction of sp³-hybridized carbons (Fsp3) is 1.00. The molecule has 1 aliphatic carbocycles. The Balaban J connectivity index is 1.54. The molecule has 1 aliphatic heterocycles. The minimum absolute atomic E-state index is 0.569. The van der Waals surface area contributed by atoms with Gasteiger partial charge in [0.25, 0.3) is 0 Å². The molecule has 2 fully saturated rings. The third-order valence-corrected chi connectivity index (χ3v) is 4.80. The second kappa shape index (κ2) is 8.16. The van der Waals surface area contributed by atoms with Gasteiger partial charge in [0.1, 0.15) is 0 Å². The molecule has 0 amide bonds. The average Bonchev–Trinajstić information content (AvgIpc) is 2.74. The Morgan fingerprint density at radius 3 is 2.50 bits per heavy atom. The smallest absolute Gasteiger partial charge is 0.0576 e. The van der Waals surface area contributed by atoms with Crippen LogP contribution in [0.25, 0.3) is 0 Å². The Bertz CT molecular complexity index is 205. The molecule has 1 saturated heterocycles. The van der Waals surface area contributed by atoms with Crippen LogP contribution in [0, 0.1) is 5.92 Å². The lowest BCUT2D eigenvalue weighted by Gasteiger charge is -2.24. The summed E-state index contributed by atoms with van der Waals surface area (Å²) in [5, 5.41) is 3.75. The quantitative estimate of drug-likeness (QED) is 0.573. The molecule has 106 valence electrons. The number of hydrogen-bond donors (Lipinski definition) is 1. The van der Waals surface area contributed by atoms with Gasteiger partial charge in [-0.25, -0.2) is 0 Å². The topological polar surface area (TPSA) is 21.3 Å². The van der Waals surface area contributed by atoms with Crippen molar-refractivity contribution in [2.75, 3.05) is 13.2 Å². The highest BCUT2D eigenvalue weighted by atomic mass is 16.5. The Morgan fingerprint density at radius 2 is 1.83 bits per heavy atom. The predicted octanol–water partition coefficient (Wildman–Crippen LogP) is 3.89. The Kier molecular flexibility index (Phi) is 6.50. The average molecular weight is 253 g/mol. The van der Waals surface area contributed by atoms with Crippen LogP contribution in [0.3, 0.4) is 0 Å². The summed E-state index contributed by atoms with van der Waals surface area (Å²) in [6, 6.07) is 0.715. The zero-order valence-electron chi connectivity index (χ0n) is 12.1.